The van der Waals surface area contributed by atoms with E-state index in [1.54, 1.807) is 30.3 Å². The lowest BCUT2D eigenvalue weighted by Gasteiger charge is -2.09. The molecule has 1 aromatic heterocycles. The number of rotatable bonds is 5. The number of amides is 1. The highest BCUT2D eigenvalue weighted by Gasteiger charge is 2.11. The maximum absolute atomic E-state index is 12.2. The van der Waals surface area contributed by atoms with E-state index in [9.17, 15) is 4.79 Å². The van der Waals surface area contributed by atoms with Crippen LogP contribution in [0.25, 0.3) is 0 Å². The highest BCUT2D eigenvalue weighted by Crippen LogP contribution is 2.23. The number of nitrogens with zero attached hydrogens (tertiary/aromatic N) is 2. The first kappa shape index (κ1) is 15.0. The summed E-state index contributed by atoms with van der Waals surface area (Å²) in [4.78, 5) is 20.4. The van der Waals surface area contributed by atoms with E-state index in [1.165, 1.54) is 6.20 Å². The second-order valence-corrected chi connectivity index (χ2v) is 4.71. The molecular formula is C15H15ClN4O. The van der Waals surface area contributed by atoms with Crippen molar-refractivity contribution in [2.24, 2.45) is 0 Å². The van der Waals surface area contributed by atoms with Crippen LogP contribution in [0.3, 0.4) is 0 Å². The number of nitrogens with one attached hydrogen (secondary N) is 2. The molecule has 2 N–H and O–H groups in total. The summed E-state index contributed by atoms with van der Waals surface area (Å²) >= 11 is 6.03. The molecule has 1 amide bonds. The Morgan fingerprint density at radius 2 is 2.24 bits per heavy atom. The van der Waals surface area contributed by atoms with Gasteiger partial charge in [-0.2, -0.15) is 0 Å². The van der Waals surface area contributed by atoms with Crippen LogP contribution in [0, 0.1) is 6.92 Å². The lowest BCUT2D eigenvalue weighted by Crippen LogP contribution is -2.16. The Hall–Kier alpha value is -2.40. The molecule has 0 fully saturated rings. The quantitative estimate of drug-likeness (QED) is 0.832. The summed E-state index contributed by atoms with van der Waals surface area (Å²) in [6.07, 6.45) is 3.21. The largest absolute Gasteiger partial charge is 0.351 e. The van der Waals surface area contributed by atoms with Crippen LogP contribution < -0.4 is 10.6 Å². The molecule has 0 aliphatic rings. The van der Waals surface area contributed by atoms with Gasteiger partial charge in [0.1, 0.15) is 5.69 Å². The number of hydrogen-bond donors (Lipinski definition) is 2. The Bertz CT molecular complexity index is 672. The van der Waals surface area contributed by atoms with E-state index < -0.39 is 0 Å². The molecule has 21 heavy (non-hydrogen) atoms. The number of hydrogen-bond acceptors (Lipinski definition) is 4. The normalized spacial score (nSPS) is 10.0. The lowest BCUT2D eigenvalue weighted by molar-refractivity contribution is 0.102. The second-order valence-electron chi connectivity index (χ2n) is 4.30. The van der Waals surface area contributed by atoms with Gasteiger partial charge in [-0.3, -0.25) is 4.79 Å². The third kappa shape index (κ3) is 3.79. The first-order valence-electron chi connectivity index (χ1n) is 6.36. The van der Waals surface area contributed by atoms with E-state index in [2.05, 4.69) is 27.2 Å². The lowest BCUT2D eigenvalue weighted by atomic mass is 10.2. The van der Waals surface area contributed by atoms with E-state index in [-0.39, 0.29) is 11.6 Å². The molecule has 1 heterocycles. The van der Waals surface area contributed by atoms with E-state index in [4.69, 9.17) is 11.6 Å². The number of benzene rings is 1. The Labute approximate surface area is 128 Å². The van der Waals surface area contributed by atoms with Crippen LogP contribution >= 0.6 is 11.6 Å². The summed E-state index contributed by atoms with van der Waals surface area (Å²) in [6.45, 7) is 5.97. The predicted molar refractivity (Wildman–Crippen MR) is 84.9 cm³/mol. The fourth-order valence-corrected chi connectivity index (χ4v) is 1.84. The summed E-state index contributed by atoms with van der Waals surface area (Å²) in [5, 5.41) is 6.32. The van der Waals surface area contributed by atoms with Crippen molar-refractivity contribution in [3.63, 3.8) is 0 Å². The van der Waals surface area contributed by atoms with Crippen molar-refractivity contribution in [3.8, 4) is 0 Å². The predicted octanol–water partition coefficient (Wildman–Crippen LogP) is 3.29. The fourth-order valence-electron chi connectivity index (χ4n) is 1.66. The SMILES string of the molecule is C=CCNc1nccc(C(=O)Nc2cccc(Cl)c2C)n1. The van der Waals surface area contributed by atoms with Crippen molar-refractivity contribution in [3.05, 3.63) is 59.4 Å². The van der Waals surface area contributed by atoms with Gasteiger partial charge in [-0.25, -0.2) is 9.97 Å². The van der Waals surface area contributed by atoms with Crippen molar-refractivity contribution < 1.29 is 4.79 Å². The maximum atomic E-state index is 12.2. The summed E-state index contributed by atoms with van der Waals surface area (Å²) in [5.41, 5.74) is 1.74. The smallest absolute Gasteiger partial charge is 0.274 e. The summed E-state index contributed by atoms with van der Waals surface area (Å²) in [5.74, 6) is 0.0646. The number of carbonyl (C=O) groups is 1. The Kier molecular flexibility index (Phi) is 4.90. The van der Waals surface area contributed by atoms with Crippen LogP contribution in [0.1, 0.15) is 16.1 Å². The number of aromatic nitrogens is 2. The zero-order valence-corrected chi connectivity index (χ0v) is 12.3. The molecule has 0 saturated heterocycles. The van der Waals surface area contributed by atoms with E-state index >= 15 is 0 Å². The van der Waals surface area contributed by atoms with Crippen LogP contribution in [-0.4, -0.2) is 22.4 Å². The molecule has 2 aromatic rings. The zero-order chi connectivity index (χ0) is 15.2. The Morgan fingerprint density at radius 1 is 1.43 bits per heavy atom. The molecule has 6 heteroatoms. The fraction of sp³-hybridized carbons (Fsp3) is 0.133. The summed E-state index contributed by atoms with van der Waals surface area (Å²) in [6, 6.07) is 6.89. The van der Waals surface area contributed by atoms with Gasteiger partial charge in [-0.1, -0.05) is 23.7 Å². The van der Waals surface area contributed by atoms with Crippen molar-refractivity contribution in [1.29, 1.82) is 0 Å². The number of anilines is 2. The monoisotopic (exact) mass is 302 g/mol. The van der Waals surface area contributed by atoms with Gasteiger partial charge in [0, 0.05) is 23.5 Å². The van der Waals surface area contributed by atoms with Gasteiger partial charge in [0.25, 0.3) is 5.91 Å². The Morgan fingerprint density at radius 3 is 3.00 bits per heavy atom. The third-order valence-electron chi connectivity index (χ3n) is 2.81. The minimum Gasteiger partial charge on any atom is -0.351 e. The van der Waals surface area contributed by atoms with Crippen LogP contribution in [0.15, 0.2) is 43.1 Å². The van der Waals surface area contributed by atoms with Crippen LogP contribution in [-0.2, 0) is 0 Å². The molecule has 0 radical (unpaired) electrons. The molecule has 2 rings (SSSR count). The van der Waals surface area contributed by atoms with E-state index in [1.807, 2.05) is 6.92 Å². The van der Waals surface area contributed by atoms with Crippen molar-refractivity contribution in [2.45, 2.75) is 6.92 Å². The maximum Gasteiger partial charge on any atom is 0.274 e. The molecule has 1 aromatic carbocycles. The van der Waals surface area contributed by atoms with Gasteiger partial charge in [-0.05, 0) is 30.7 Å². The van der Waals surface area contributed by atoms with E-state index in [0.717, 1.165) is 5.56 Å². The molecule has 0 unspecified atom stereocenters. The topological polar surface area (TPSA) is 66.9 Å². The van der Waals surface area contributed by atoms with Gasteiger partial charge in [0.2, 0.25) is 5.95 Å². The molecule has 0 aliphatic carbocycles. The highest BCUT2D eigenvalue weighted by molar-refractivity contribution is 6.31. The molecule has 0 atom stereocenters. The first-order chi connectivity index (χ1) is 10.1. The summed E-state index contributed by atoms with van der Waals surface area (Å²) in [7, 11) is 0. The second kappa shape index (κ2) is 6.85. The molecular weight excluding hydrogens is 288 g/mol. The van der Waals surface area contributed by atoms with Crippen molar-refractivity contribution in [2.75, 3.05) is 17.2 Å². The van der Waals surface area contributed by atoms with Gasteiger partial charge in [0.15, 0.2) is 0 Å². The molecule has 0 spiro atoms. The Balaban J connectivity index is 2.16. The average molecular weight is 303 g/mol. The number of halogens is 1. The standard InChI is InChI=1S/C15H15ClN4O/c1-3-8-17-15-18-9-7-13(20-15)14(21)19-12-6-4-5-11(16)10(12)2/h3-7,9H,1,8H2,2H3,(H,19,21)(H,17,18,20). The van der Waals surface area contributed by atoms with Gasteiger partial charge in [0.05, 0.1) is 0 Å². The van der Waals surface area contributed by atoms with Crippen LogP contribution in [0.5, 0.6) is 0 Å². The van der Waals surface area contributed by atoms with Crippen LogP contribution in [0.2, 0.25) is 5.02 Å². The van der Waals surface area contributed by atoms with Crippen LogP contribution in [0.4, 0.5) is 11.6 Å². The average Bonchev–Trinajstić information content (AvgIpc) is 2.50. The molecule has 5 nitrogen and oxygen atoms in total. The molecule has 108 valence electrons. The minimum absolute atomic E-state index is 0.274. The first-order valence-corrected chi connectivity index (χ1v) is 6.74. The van der Waals surface area contributed by atoms with Crippen molar-refractivity contribution in [1.82, 2.24) is 9.97 Å². The third-order valence-corrected chi connectivity index (χ3v) is 3.22. The molecule has 0 bridgehead atoms. The highest BCUT2D eigenvalue weighted by atomic mass is 35.5. The van der Waals surface area contributed by atoms with Crippen molar-refractivity contribution >= 4 is 29.1 Å². The van der Waals surface area contributed by atoms with Gasteiger partial charge in [-0.15, -0.1) is 6.58 Å². The van der Waals surface area contributed by atoms with Gasteiger partial charge >= 0.3 is 0 Å². The summed E-state index contributed by atoms with van der Waals surface area (Å²) < 4.78 is 0. The molecule has 0 saturated carbocycles. The van der Waals surface area contributed by atoms with Gasteiger partial charge < -0.3 is 10.6 Å². The number of carbonyl (C=O) groups excluding carboxylic acids is 1. The zero-order valence-electron chi connectivity index (χ0n) is 11.6. The minimum atomic E-state index is -0.315. The molecule has 0 aliphatic heterocycles. The van der Waals surface area contributed by atoms with E-state index in [0.29, 0.717) is 23.2 Å².